The molecule has 0 fully saturated rings. The molecule has 0 aromatic rings. The summed E-state index contributed by atoms with van der Waals surface area (Å²) in [7, 11) is 0. The first-order valence-corrected chi connectivity index (χ1v) is 17.3. The van der Waals surface area contributed by atoms with Crippen LogP contribution in [0.5, 0.6) is 0 Å². The number of hydrogen-bond donors (Lipinski definition) is 0. The highest BCUT2D eigenvalue weighted by Gasteiger charge is 2.45. The highest BCUT2D eigenvalue weighted by Crippen LogP contribution is 2.51. The van der Waals surface area contributed by atoms with E-state index in [1.54, 1.807) is 0 Å². The van der Waals surface area contributed by atoms with Crippen molar-refractivity contribution in [2.45, 2.75) is 183 Å². The van der Waals surface area contributed by atoms with Crippen LogP contribution < -0.4 is 0 Å². The van der Waals surface area contributed by atoms with Crippen molar-refractivity contribution < 1.29 is 4.74 Å². The van der Waals surface area contributed by atoms with Gasteiger partial charge in [-0.25, -0.2) is 0 Å². The Morgan fingerprint density at radius 3 is 1.50 bits per heavy atom. The quantitative estimate of drug-likeness (QED) is 0.0544. The van der Waals surface area contributed by atoms with Crippen molar-refractivity contribution in [2.24, 2.45) is 22.2 Å². The Morgan fingerprint density at radius 2 is 1.15 bits per heavy atom. The lowest BCUT2D eigenvalue weighted by molar-refractivity contribution is 0.0630. The van der Waals surface area contributed by atoms with Crippen molar-refractivity contribution in [3.05, 3.63) is 25.0 Å². The van der Waals surface area contributed by atoms with E-state index in [2.05, 4.69) is 73.8 Å². The van der Waals surface area contributed by atoms with Crippen LogP contribution in [0.25, 0.3) is 0 Å². The third-order valence-electron chi connectivity index (χ3n) is 10.1. The van der Waals surface area contributed by atoms with Gasteiger partial charge in [0.1, 0.15) is 0 Å². The first kappa shape index (κ1) is 38.8. The summed E-state index contributed by atoms with van der Waals surface area (Å²) < 4.78 is 5.96. The van der Waals surface area contributed by atoms with Crippen LogP contribution in [-0.2, 0) is 4.74 Å². The third-order valence-corrected chi connectivity index (χ3v) is 10.1. The van der Waals surface area contributed by atoms with Gasteiger partial charge in [0.15, 0.2) is 0 Å². The molecular formula is C38H71NO. The summed E-state index contributed by atoms with van der Waals surface area (Å²) in [6, 6.07) is 2.66. The van der Waals surface area contributed by atoms with Crippen LogP contribution in [0.1, 0.15) is 183 Å². The van der Waals surface area contributed by atoms with Gasteiger partial charge in [-0.05, 0) is 42.9 Å². The minimum atomic E-state index is -0.438. The molecule has 0 saturated carbocycles. The molecule has 2 unspecified atom stereocenters. The molecular weight excluding hydrogens is 486 g/mol. The fourth-order valence-corrected chi connectivity index (χ4v) is 5.89. The molecule has 2 heteroatoms. The van der Waals surface area contributed by atoms with E-state index < -0.39 is 5.41 Å². The minimum absolute atomic E-state index is 0.0157. The zero-order valence-corrected chi connectivity index (χ0v) is 28.5. The largest absolute Gasteiger partial charge is 0.499 e. The topological polar surface area (TPSA) is 33.0 Å². The smallest absolute Gasteiger partial charge is 0.0888 e. The van der Waals surface area contributed by atoms with Crippen molar-refractivity contribution in [2.75, 3.05) is 6.61 Å². The number of nitriles is 1. The standard InChI is InChI=1S/C38H71NO/c1-10-12-13-14-15-16-17-18-19-20-21-22-23-24-25-26-27-28-31-40-35(5)29-30-38(9,33-39)36(6,7)32-37(8,11-2)34(3)4/h11,34H,2,5,10,12-32H2,1,3-4,6-9H3. The summed E-state index contributed by atoms with van der Waals surface area (Å²) >= 11 is 0. The van der Waals surface area contributed by atoms with Gasteiger partial charge in [-0.1, -0.05) is 163 Å². The maximum atomic E-state index is 10.1. The highest BCUT2D eigenvalue weighted by atomic mass is 16.5. The average Bonchev–Trinajstić information content (AvgIpc) is 2.92. The van der Waals surface area contributed by atoms with Crippen LogP contribution in [0.2, 0.25) is 0 Å². The summed E-state index contributed by atoms with van der Waals surface area (Å²) in [5, 5.41) is 10.1. The molecule has 0 spiro atoms. The van der Waals surface area contributed by atoms with Gasteiger partial charge < -0.3 is 4.74 Å². The second kappa shape index (κ2) is 22.4. The minimum Gasteiger partial charge on any atom is -0.499 e. The van der Waals surface area contributed by atoms with Gasteiger partial charge in [0.2, 0.25) is 0 Å². The van der Waals surface area contributed by atoms with Gasteiger partial charge in [-0.3, -0.25) is 0 Å². The molecule has 0 aromatic heterocycles. The van der Waals surface area contributed by atoms with Crippen LogP contribution in [-0.4, -0.2) is 6.61 Å². The number of rotatable bonds is 28. The molecule has 234 valence electrons. The highest BCUT2D eigenvalue weighted by molar-refractivity contribution is 5.09. The van der Waals surface area contributed by atoms with Crippen molar-refractivity contribution in [3.63, 3.8) is 0 Å². The first-order valence-electron chi connectivity index (χ1n) is 17.3. The Bertz CT molecular complexity index is 686. The summed E-state index contributed by atoms with van der Waals surface area (Å²) in [6.07, 6.45) is 29.6. The third kappa shape index (κ3) is 16.9. The molecule has 0 bridgehead atoms. The number of ether oxygens (including phenoxy) is 1. The van der Waals surface area contributed by atoms with Gasteiger partial charge in [-0.2, -0.15) is 5.26 Å². The number of nitrogens with zero attached hydrogens (tertiary/aromatic N) is 1. The van der Waals surface area contributed by atoms with Gasteiger partial charge in [0, 0.05) is 6.42 Å². The molecule has 0 saturated heterocycles. The second-order valence-electron chi connectivity index (χ2n) is 14.3. The van der Waals surface area contributed by atoms with Crippen LogP contribution in [0, 0.1) is 33.5 Å². The predicted molar refractivity (Wildman–Crippen MR) is 178 cm³/mol. The number of allylic oxidation sites excluding steroid dienone is 2. The maximum Gasteiger partial charge on any atom is 0.0888 e. The molecule has 0 heterocycles. The first-order chi connectivity index (χ1) is 19.0. The molecule has 0 amide bonds. The molecule has 0 aliphatic rings. The van der Waals surface area contributed by atoms with Crippen LogP contribution in [0.15, 0.2) is 25.0 Å². The van der Waals surface area contributed by atoms with Gasteiger partial charge >= 0.3 is 0 Å². The molecule has 40 heavy (non-hydrogen) atoms. The van der Waals surface area contributed by atoms with Gasteiger partial charge in [0.05, 0.1) is 23.9 Å². The van der Waals surface area contributed by atoms with Crippen LogP contribution in [0.3, 0.4) is 0 Å². The van der Waals surface area contributed by atoms with Gasteiger partial charge in [-0.15, -0.1) is 6.58 Å². The van der Waals surface area contributed by atoms with E-state index in [1.807, 2.05) is 0 Å². The Balaban J connectivity index is 3.84. The molecule has 0 radical (unpaired) electrons. The van der Waals surface area contributed by atoms with E-state index >= 15 is 0 Å². The molecule has 0 aliphatic carbocycles. The summed E-state index contributed by atoms with van der Waals surface area (Å²) in [6.45, 7) is 24.7. The summed E-state index contributed by atoms with van der Waals surface area (Å²) in [5.74, 6) is 1.32. The molecule has 0 aromatic carbocycles. The summed E-state index contributed by atoms with van der Waals surface area (Å²) in [4.78, 5) is 0. The normalized spacial score (nSPS) is 14.9. The van der Waals surface area contributed by atoms with E-state index in [0.717, 1.165) is 38.0 Å². The zero-order valence-electron chi connectivity index (χ0n) is 28.5. The van der Waals surface area contributed by atoms with Crippen molar-refractivity contribution in [1.29, 1.82) is 5.26 Å². The number of hydrogen-bond acceptors (Lipinski definition) is 2. The molecule has 0 rings (SSSR count). The van der Waals surface area contributed by atoms with Crippen LogP contribution in [0.4, 0.5) is 0 Å². The molecule has 0 N–H and O–H groups in total. The Kier molecular flexibility index (Phi) is 21.7. The van der Waals surface area contributed by atoms with Crippen molar-refractivity contribution in [1.82, 2.24) is 0 Å². The maximum absolute atomic E-state index is 10.1. The van der Waals surface area contributed by atoms with Crippen LogP contribution >= 0.6 is 0 Å². The van der Waals surface area contributed by atoms with Crippen molar-refractivity contribution >= 4 is 0 Å². The fraction of sp³-hybridized carbons (Fsp3) is 0.868. The Labute approximate surface area is 252 Å². The molecule has 0 aliphatic heterocycles. The predicted octanol–water partition coefficient (Wildman–Crippen LogP) is 13.1. The van der Waals surface area contributed by atoms with E-state index in [-0.39, 0.29) is 10.8 Å². The van der Waals surface area contributed by atoms with Crippen molar-refractivity contribution in [3.8, 4) is 6.07 Å². The van der Waals surface area contributed by atoms with E-state index in [0.29, 0.717) is 5.92 Å². The SMILES string of the molecule is C=CC(C)(CC(C)(C)C(C)(C#N)CCC(=C)OCCCCCCCCCCCCCCCCCCCC)C(C)C. The Morgan fingerprint density at radius 1 is 0.750 bits per heavy atom. The fourth-order valence-electron chi connectivity index (χ4n) is 5.89. The zero-order chi connectivity index (χ0) is 30.3. The molecule has 2 atom stereocenters. The second-order valence-corrected chi connectivity index (χ2v) is 14.3. The van der Waals surface area contributed by atoms with E-state index in [1.165, 1.54) is 109 Å². The summed E-state index contributed by atoms with van der Waals surface area (Å²) in [5.41, 5.74) is -0.559. The van der Waals surface area contributed by atoms with Gasteiger partial charge in [0.25, 0.3) is 0 Å². The Hall–Kier alpha value is -1.23. The van der Waals surface area contributed by atoms with E-state index in [4.69, 9.17) is 4.74 Å². The molecule has 2 nitrogen and oxygen atoms in total. The van der Waals surface area contributed by atoms with E-state index in [9.17, 15) is 5.26 Å². The lowest BCUT2D eigenvalue weighted by atomic mass is 9.57. The average molecular weight is 558 g/mol. The monoisotopic (exact) mass is 558 g/mol. The number of unbranched alkanes of at least 4 members (excludes halogenated alkanes) is 17. The lowest BCUT2D eigenvalue weighted by Gasteiger charge is -2.46. The lowest BCUT2D eigenvalue weighted by Crippen LogP contribution is -2.39.